The predicted octanol–water partition coefficient (Wildman–Crippen LogP) is 2.76. The van der Waals surface area contributed by atoms with Crippen LogP contribution in [0.5, 0.6) is 0 Å². The molecular formula is C14H17N3S. The number of benzene rings is 1. The van der Waals surface area contributed by atoms with Gasteiger partial charge in [-0.2, -0.15) is 11.8 Å². The number of pyridine rings is 1. The van der Waals surface area contributed by atoms with E-state index in [4.69, 9.17) is 5.73 Å². The number of rotatable bonds is 2. The Labute approximate surface area is 111 Å². The summed E-state index contributed by atoms with van der Waals surface area (Å²) in [6.07, 6.45) is 4.97. The highest BCUT2D eigenvalue weighted by molar-refractivity contribution is 7.99. The summed E-state index contributed by atoms with van der Waals surface area (Å²) in [6, 6.07) is 6.73. The maximum absolute atomic E-state index is 6.03. The van der Waals surface area contributed by atoms with Crippen molar-refractivity contribution in [3.05, 3.63) is 30.6 Å². The molecule has 1 aromatic carbocycles. The van der Waals surface area contributed by atoms with Gasteiger partial charge in [-0.05, 0) is 30.4 Å². The fourth-order valence-electron chi connectivity index (χ4n) is 2.53. The van der Waals surface area contributed by atoms with Gasteiger partial charge in [0, 0.05) is 53.4 Å². The Bertz CT molecular complexity index is 564. The van der Waals surface area contributed by atoms with E-state index in [0.717, 1.165) is 16.5 Å². The number of hydrogen-bond donors (Lipinski definition) is 1. The molecule has 1 atom stereocenters. The average molecular weight is 259 g/mol. The number of fused-ring (bicyclic) bond motifs is 1. The van der Waals surface area contributed by atoms with Gasteiger partial charge in [0.25, 0.3) is 0 Å². The first-order chi connectivity index (χ1) is 8.77. The highest BCUT2D eigenvalue weighted by Gasteiger charge is 2.21. The van der Waals surface area contributed by atoms with Gasteiger partial charge in [-0.3, -0.25) is 4.98 Å². The van der Waals surface area contributed by atoms with Crippen LogP contribution < -0.4 is 10.6 Å². The van der Waals surface area contributed by atoms with Gasteiger partial charge in [-0.1, -0.05) is 0 Å². The summed E-state index contributed by atoms with van der Waals surface area (Å²) >= 11 is 2.03. The first-order valence-corrected chi connectivity index (χ1v) is 7.35. The van der Waals surface area contributed by atoms with Crippen LogP contribution in [0.25, 0.3) is 10.8 Å². The van der Waals surface area contributed by atoms with E-state index < -0.39 is 0 Å². The van der Waals surface area contributed by atoms with Gasteiger partial charge in [0.2, 0.25) is 0 Å². The summed E-state index contributed by atoms with van der Waals surface area (Å²) in [7, 11) is 2.18. The van der Waals surface area contributed by atoms with E-state index in [1.165, 1.54) is 23.6 Å². The summed E-state index contributed by atoms with van der Waals surface area (Å²) in [5.74, 6) is 2.47. The number of nitrogens with zero attached hydrogens (tertiary/aromatic N) is 2. The van der Waals surface area contributed by atoms with Crippen LogP contribution in [0, 0.1) is 0 Å². The lowest BCUT2D eigenvalue weighted by Crippen LogP contribution is -2.31. The molecule has 1 aliphatic rings. The molecular weight excluding hydrogens is 242 g/mol. The largest absolute Gasteiger partial charge is 0.398 e. The minimum atomic E-state index is 0.627. The Kier molecular flexibility index (Phi) is 3.04. The third-order valence-corrected chi connectivity index (χ3v) is 4.81. The van der Waals surface area contributed by atoms with E-state index in [1.807, 2.05) is 30.1 Å². The molecule has 3 rings (SSSR count). The van der Waals surface area contributed by atoms with E-state index in [1.54, 1.807) is 6.20 Å². The molecule has 0 aliphatic carbocycles. The molecule has 0 amide bonds. The van der Waals surface area contributed by atoms with Crippen molar-refractivity contribution in [1.29, 1.82) is 0 Å². The van der Waals surface area contributed by atoms with E-state index in [-0.39, 0.29) is 0 Å². The van der Waals surface area contributed by atoms with E-state index in [0.29, 0.717) is 6.04 Å². The molecule has 2 aromatic rings. The monoisotopic (exact) mass is 259 g/mol. The summed E-state index contributed by atoms with van der Waals surface area (Å²) in [5.41, 5.74) is 8.09. The number of nitrogens with two attached hydrogens (primary N) is 1. The molecule has 18 heavy (non-hydrogen) atoms. The van der Waals surface area contributed by atoms with Gasteiger partial charge in [-0.25, -0.2) is 0 Å². The zero-order chi connectivity index (χ0) is 12.5. The van der Waals surface area contributed by atoms with Crippen molar-refractivity contribution >= 4 is 33.9 Å². The Morgan fingerprint density at radius 3 is 3.00 bits per heavy atom. The highest BCUT2D eigenvalue weighted by Crippen LogP contribution is 2.33. The van der Waals surface area contributed by atoms with Crippen LogP contribution in [0.15, 0.2) is 30.6 Å². The minimum absolute atomic E-state index is 0.627. The van der Waals surface area contributed by atoms with Crippen molar-refractivity contribution in [3.8, 4) is 0 Å². The predicted molar refractivity (Wildman–Crippen MR) is 80.3 cm³/mol. The summed E-state index contributed by atoms with van der Waals surface area (Å²) in [6.45, 7) is 0. The zero-order valence-corrected chi connectivity index (χ0v) is 11.3. The van der Waals surface area contributed by atoms with Crippen molar-refractivity contribution in [2.24, 2.45) is 0 Å². The topological polar surface area (TPSA) is 42.1 Å². The molecule has 4 heteroatoms. The number of nitrogen functional groups attached to an aromatic ring is 1. The number of thioether (sulfide) groups is 1. The second-order valence-corrected chi connectivity index (χ2v) is 5.87. The van der Waals surface area contributed by atoms with Crippen molar-refractivity contribution in [2.75, 3.05) is 29.2 Å². The Balaban J connectivity index is 2.08. The standard InChI is InChI=1S/C14H17N3S/c1-17(10-5-7-18-9-10)14-3-2-13(15)11-4-6-16-8-12(11)14/h2-4,6,8,10H,5,7,9,15H2,1H3. The van der Waals surface area contributed by atoms with Gasteiger partial charge >= 0.3 is 0 Å². The molecule has 1 fully saturated rings. The fraction of sp³-hybridized carbons (Fsp3) is 0.357. The molecule has 2 heterocycles. The van der Waals surface area contributed by atoms with Gasteiger partial charge in [0.05, 0.1) is 0 Å². The summed E-state index contributed by atoms with van der Waals surface area (Å²) in [5, 5.41) is 2.25. The second kappa shape index (κ2) is 4.69. The van der Waals surface area contributed by atoms with Gasteiger partial charge < -0.3 is 10.6 Å². The quantitative estimate of drug-likeness (QED) is 0.842. The SMILES string of the molecule is CN(c1ccc(N)c2ccncc12)C1CCSC1. The molecule has 1 aliphatic heterocycles. The Morgan fingerprint density at radius 2 is 2.22 bits per heavy atom. The maximum atomic E-state index is 6.03. The summed E-state index contributed by atoms with van der Waals surface area (Å²) < 4.78 is 0. The van der Waals surface area contributed by atoms with Crippen LogP contribution in [-0.2, 0) is 0 Å². The molecule has 94 valence electrons. The molecule has 0 saturated carbocycles. The van der Waals surface area contributed by atoms with Crippen molar-refractivity contribution in [2.45, 2.75) is 12.5 Å². The molecule has 1 saturated heterocycles. The van der Waals surface area contributed by atoms with Gasteiger partial charge in [-0.15, -0.1) is 0 Å². The van der Waals surface area contributed by atoms with Gasteiger partial charge in [0.15, 0.2) is 0 Å². The molecule has 0 bridgehead atoms. The Hall–Kier alpha value is -1.42. The normalized spacial score (nSPS) is 19.3. The molecule has 3 nitrogen and oxygen atoms in total. The highest BCUT2D eigenvalue weighted by atomic mass is 32.2. The first kappa shape index (κ1) is 11.7. The van der Waals surface area contributed by atoms with Gasteiger partial charge in [0.1, 0.15) is 0 Å². The number of anilines is 2. The van der Waals surface area contributed by atoms with Crippen LogP contribution in [0.3, 0.4) is 0 Å². The smallest absolute Gasteiger partial charge is 0.0463 e. The second-order valence-electron chi connectivity index (χ2n) is 4.72. The van der Waals surface area contributed by atoms with Crippen LogP contribution in [-0.4, -0.2) is 29.6 Å². The van der Waals surface area contributed by atoms with E-state index >= 15 is 0 Å². The Morgan fingerprint density at radius 1 is 1.33 bits per heavy atom. The number of aromatic nitrogens is 1. The van der Waals surface area contributed by atoms with Crippen molar-refractivity contribution in [3.63, 3.8) is 0 Å². The summed E-state index contributed by atoms with van der Waals surface area (Å²) in [4.78, 5) is 6.61. The minimum Gasteiger partial charge on any atom is -0.398 e. The van der Waals surface area contributed by atoms with Crippen LogP contribution in [0.2, 0.25) is 0 Å². The average Bonchev–Trinajstić information content (AvgIpc) is 2.93. The molecule has 1 unspecified atom stereocenters. The molecule has 0 spiro atoms. The van der Waals surface area contributed by atoms with E-state index in [9.17, 15) is 0 Å². The third kappa shape index (κ3) is 1.90. The first-order valence-electron chi connectivity index (χ1n) is 6.20. The molecule has 2 N–H and O–H groups in total. The lowest BCUT2D eigenvalue weighted by molar-refractivity contribution is 0.702. The number of hydrogen-bond acceptors (Lipinski definition) is 4. The molecule has 1 aromatic heterocycles. The molecule has 0 radical (unpaired) electrons. The van der Waals surface area contributed by atoms with Crippen molar-refractivity contribution in [1.82, 2.24) is 4.98 Å². The van der Waals surface area contributed by atoms with Crippen LogP contribution in [0.1, 0.15) is 6.42 Å². The van der Waals surface area contributed by atoms with Crippen LogP contribution in [0.4, 0.5) is 11.4 Å². The zero-order valence-electron chi connectivity index (χ0n) is 10.5. The third-order valence-electron chi connectivity index (χ3n) is 3.66. The maximum Gasteiger partial charge on any atom is 0.0463 e. The lowest BCUT2D eigenvalue weighted by atomic mass is 10.1. The van der Waals surface area contributed by atoms with Crippen LogP contribution >= 0.6 is 11.8 Å². The lowest BCUT2D eigenvalue weighted by Gasteiger charge is -2.27. The van der Waals surface area contributed by atoms with Crippen molar-refractivity contribution < 1.29 is 0 Å². The van der Waals surface area contributed by atoms with E-state index in [2.05, 4.69) is 23.0 Å². The fourth-order valence-corrected chi connectivity index (χ4v) is 3.80.